The summed E-state index contributed by atoms with van der Waals surface area (Å²) in [4.78, 5) is 28.4. The first-order chi connectivity index (χ1) is 15.6. The van der Waals surface area contributed by atoms with Gasteiger partial charge in [-0.05, 0) is 16.9 Å². The van der Waals surface area contributed by atoms with E-state index in [1.54, 1.807) is 11.1 Å². The molecule has 0 spiro atoms. The maximum atomic E-state index is 13.4. The average Bonchev–Trinajstić information content (AvgIpc) is 3.41. The molecule has 1 aliphatic rings. The smallest absolute Gasteiger partial charge is 0.333 e. The molecule has 0 fully saturated rings. The topological polar surface area (TPSA) is 64.4 Å². The molecule has 1 aliphatic heterocycles. The summed E-state index contributed by atoms with van der Waals surface area (Å²) in [7, 11) is 1.35. The Hall–Kier alpha value is -3.32. The summed E-state index contributed by atoms with van der Waals surface area (Å²) in [6.45, 7) is 2.99. The molecule has 2 heterocycles. The minimum atomic E-state index is -0.794. The van der Waals surface area contributed by atoms with Crippen LogP contribution in [-0.4, -0.2) is 46.0 Å². The van der Waals surface area contributed by atoms with Gasteiger partial charge in [0, 0.05) is 23.9 Å². The predicted molar refractivity (Wildman–Crippen MR) is 126 cm³/mol. The second kappa shape index (κ2) is 9.87. The Balaban J connectivity index is 1.65. The van der Waals surface area contributed by atoms with Crippen molar-refractivity contribution in [1.29, 1.82) is 0 Å². The molecule has 1 unspecified atom stereocenters. The Labute approximate surface area is 191 Å². The van der Waals surface area contributed by atoms with Gasteiger partial charge < -0.3 is 9.64 Å². The Kier molecular flexibility index (Phi) is 6.75. The number of thioether (sulfide) groups is 1. The molecule has 164 valence electrons. The first-order valence-electron chi connectivity index (χ1n) is 10.5. The lowest BCUT2D eigenvalue weighted by molar-refractivity contribution is -0.150. The minimum Gasteiger partial charge on any atom is -0.467 e. The summed E-state index contributed by atoms with van der Waals surface area (Å²) in [5.74, 6) is 0.151. The van der Waals surface area contributed by atoms with Crippen molar-refractivity contribution in [1.82, 2.24) is 14.7 Å². The van der Waals surface area contributed by atoms with E-state index in [9.17, 15) is 9.59 Å². The highest BCUT2D eigenvalue weighted by Gasteiger charge is 2.40. The summed E-state index contributed by atoms with van der Waals surface area (Å²) < 4.78 is 6.93. The number of nitrogens with zero attached hydrogens (tertiary/aromatic N) is 3. The molecule has 3 aromatic rings. The van der Waals surface area contributed by atoms with E-state index in [2.05, 4.69) is 17.2 Å². The van der Waals surface area contributed by atoms with Crippen LogP contribution < -0.4 is 0 Å². The number of benzene rings is 2. The third-order valence-corrected chi connectivity index (χ3v) is 6.37. The molecule has 0 N–H and O–H groups in total. The quantitative estimate of drug-likeness (QED) is 0.486. The van der Waals surface area contributed by atoms with Gasteiger partial charge in [-0.1, -0.05) is 67.6 Å². The highest BCUT2D eigenvalue weighted by Crippen LogP contribution is 2.39. The molecule has 0 radical (unpaired) electrons. The van der Waals surface area contributed by atoms with Gasteiger partial charge in [0.25, 0.3) is 5.91 Å². The van der Waals surface area contributed by atoms with E-state index in [1.807, 2.05) is 66.3 Å². The van der Waals surface area contributed by atoms with Crippen LogP contribution in [0.1, 0.15) is 29.7 Å². The van der Waals surface area contributed by atoms with Crippen molar-refractivity contribution in [2.75, 3.05) is 19.4 Å². The number of carbonyl (C=O) groups is 2. The molecule has 0 bridgehead atoms. The molecule has 1 atom stereocenters. The highest BCUT2D eigenvalue weighted by atomic mass is 32.2. The van der Waals surface area contributed by atoms with Gasteiger partial charge in [-0.3, -0.25) is 9.48 Å². The van der Waals surface area contributed by atoms with Crippen LogP contribution in [0.25, 0.3) is 5.57 Å². The van der Waals surface area contributed by atoms with Gasteiger partial charge in [0.1, 0.15) is 0 Å². The van der Waals surface area contributed by atoms with Crippen LogP contribution >= 0.6 is 11.8 Å². The fraction of sp³-hybridized carbons (Fsp3) is 0.240. The first kappa shape index (κ1) is 21.9. The Bertz CT molecular complexity index is 1130. The van der Waals surface area contributed by atoms with Gasteiger partial charge in [0.05, 0.1) is 24.8 Å². The van der Waals surface area contributed by atoms with Crippen LogP contribution in [0.5, 0.6) is 0 Å². The molecule has 4 rings (SSSR count). The van der Waals surface area contributed by atoms with Gasteiger partial charge in [0.15, 0.2) is 6.04 Å². The number of carbonyl (C=O) groups excluding carboxylic acids is 2. The lowest BCUT2D eigenvalue weighted by Crippen LogP contribution is -2.37. The maximum Gasteiger partial charge on any atom is 0.333 e. The van der Waals surface area contributed by atoms with E-state index in [0.717, 1.165) is 28.0 Å². The zero-order valence-electron chi connectivity index (χ0n) is 18.1. The number of hydrogen-bond donors (Lipinski definition) is 0. The molecule has 0 saturated carbocycles. The largest absolute Gasteiger partial charge is 0.467 e. The highest BCUT2D eigenvalue weighted by molar-refractivity contribution is 8.04. The lowest BCUT2D eigenvalue weighted by atomic mass is 10.1. The number of methoxy groups -OCH3 is 1. The average molecular weight is 448 g/mol. The number of esters is 1. The molecule has 0 aliphatic carbocycles. The molecule has 7 heteroatoms. The van der Waals surface area contributed by atoms with Crippen LogP contribution in [0.2, 0.25) is 0 Å². The standard InChI is InChI=1S/C25H25N3O3S/c1-3-32-23-21(20-14-26-27(16-20)15-18-10-6-4-7-11-18)17-28(24(23)29)22(25(30)31-2)19-12-8-5-9-13-19/h4-14,16,22H,3,15,17H2,1-2H3. The van der Waals surface area contributed by atoms with E-state index < -0.39 is 12.0 Å². The summed E-state index contributed by atoms with van der Waals surface area (Å²) >= 11 is 1.50. The third kappa shape index (κ3) is 4.48. The van der Waals surface area contributed by atoms with Crippen LogP contribution in [0.3, 0.4) is 0 Å². The van der Waals surface area contributed by atoms with Crippen molar-refractivity contribution in [2.24, 2.45) is 0 Å². The van der Waals surface area contributed by atoms with Gasteiger partial charge in [-0.25, -0.2) is 4.79 Å². The molecule has 1 aromatic heterocycles. The number of hydrogen-bond acceptors (Lipinski definition) is 5. The van der Waals surface area contributed by atoms with Crippen molar-refractivity contribution in [3.8, 4) is 0 Å². The van der Waals surface area contributed by atoms with E-state index in [1.165, 1.54) is 18.9 Å². The minimum absolute atomic E-state index is 0.151. The normalized spacial score (nSPS) is 14.7. The lowest BCUT2D eigenvalue weighted by Gasteiger charge is -2.26. The Morgan fingerprint density at radius 2 is 1.81 bits per heavy atom. The zero-order valence-corrected chi connectivity index (χ0v) is 18.9. The summed E-state index contributed by atoms with van der Waals surface area (Å²) in [5, 5.41) is 4.51. The van der Waals surface area contributed by atoms with E-state index >= 15 is 0 Å². The fourth-order valence-electron chi connectivity index (χ4n) is 3.86. The predicted octanol–water partition coefficient (Wildman–Crippen LogP) is 4.15. The van der Waals surface area contributed by atoms with Crippen molar-refractivity contribution in [2.45, 2.75) is 19.5 Å². The number of ether oxygens (including phenoxy) is 1. The zero-order chi connectivity index (χ0) is 22.5. The molecule has 1 amide bonds. The Morgan fingerprint density at radius 3 is 2.47 bits per heavy atom. The number of aromatic nitrogens is 2. The maximum absolute atomic E-state index is 13.4. The van der Waals surface area contributed by atoms with Gasteiger partial charge in [-0.15, -0.1) is 11.8 Å². The van der Waals surface area contributed by atoms with Crippen LogP contribution in [0.15, 0.2) is 78.0 Å². The molecular weight excluding hydrogens is 422 g/mol. The summed E-state index contributed by atoms with van der Waals surface area (Å²) in [5.41, 5.74) is 3.67. The van der Waals surface area contributed by atoms with Crippen molar-refractivity contribution < 1.29 is 14.3 Å². The second-order valence-corrected chi connectivity index (χ2v) is 8.70. The first-order valence-corrected chi connectivity index (χ1v) is 11.5. The van der Waals surface area contributed by atoms with E-state index in [4.69, 9.17) is 4.74 Å². The number of amides is 1. The van der Waals surface area contributed by atoms with E-state index in [0.29, 0.717) is 18.0 Å². The van der Waals surface area contributed by atoms with Crippen LogP contribution in [-0.2, 0) is 20.9 Å². The van der Waals surface area contributed by atoms with Gasteiger partial charge in [-0.2, -0.15) is 5.10 Å². The molecule has 6 nitrogen and oxygen atoms in total. The Morgan fingerprint density at radius 1 is 1.12 bits per heavy atom. The van der Waals surface area contributed by atoms with Crippen molar-refractivity contribution >= 4 is 29.2 Å². The number of rotatable bonds is 8. The van der Waals surface area contributed by atoms with Gasteiger partial charge >= 0.3 is 5.97 Å². The second-order valence-electron chi connectivity index (χ2n) is 7.42. The molecule has 2 aromatic carbocycles. The molecule has 32 heavy (non-hydrogen) atoms. The van der Waals surface area contributed by atoms with Crippen molar-refractivity contribution in [3.05, 3.63) is 94.7 Å². The third-order valence-electron chi connectivity index (χ3n) is 5.37. The van der Waals surface area contributed by atoms with E-state index in [-0.39, 0.29) is 5.91 Å². The van der Waals surface area contributed by atoms with Crippen LogP contribution in [0, 0.1) is 0 Å². The summed E-state index contributed by atoms with van der Waals surface area (Å²) in [6.07, 6.45) is 3.76. The SMILES string of the molecule is CCSC1=C(c2cnn(Cc3ccccc3)c2)CN(C(C(=O)OC)c2ccccc2)C1=O. The molecular formula is C25H25N3O3S. The van der Waals surface area contributed by atoms with Gasteiger partial charge in [0.2, 0.25) is 0 Å². The summed E-state index contributed by atoms with van der Waals surface area (Å²) in [6, 6.07) is 18.6. The molecule has 0 saturated heterocycles. The van der Waals surface area contributed by atoms with Crippen molar-refractivity contribution in [3.63, 3.8) is 0 Å². The fourth-order valence-corrected chi connectivity index (χ4v) is 4.75. The monoisotopic (exact) mass is 447 g/mol. The van der Waals surface area contributed by atoms with Crippen LogP contribution in [0.4, 0.5) is 0 Å².